The molecule has 0 aromatic heterocycles. The lowest BCUT2D eigenvalue weighted by atomic mass is 9.91. The summed E-state index contributed by atoms with van der Waals surface area (Å²) >= 11 is 0. The molecule has 0 unspecified atom stereocenters. The third-order valence-corrected chi connectivity index (χ3v) is 6.78. The molecule has 2 amide bonds. The molecular weight excluding hydrogens is 528 g/mol. The van der Waals surface area contributed by atoms with Gasteiger partial charge in [-0.1, -0.05) is 0 Å². The van der Waals surface area contributed by atoms with Gasteiger partial charge < -0.3 is 40.9 Å². The van der Waals surface area contributed by atoms with Crippen LogP contribution in [0, 0.1) is 0 Å². The SMILES string of the molecule is O=C(O)CCN(CCCC(=O)NC1CCC(NC(=O)CCCN(CCC(=O)O)CCC(=O)O)CC1)CCC(=O)O. The molecule has 0 spiro atoms. The van der Waals surface area contributed by atoms with Gasteiger partial charge >= 0.3 is 23.9 Å². The van der Waals surface area contributed by atoms with Crippen molar-refractivity contribution in [3.05, 3.63) is 0 Å². The lowest BCUT2D eigenvalue weighted by Gasteiger charge is -2.30. The van der Waals surface area contributed by atoms with E-state index in [1.807, 2.05) is 0 Å². The molecule has 0 aromatic rings. The van der Waals surface area contributed by atoms with Gasteiger partial charge in [-0.3, -0.25) is 28.8 Å². The number of aliphatic carboxylic acids is 4. The van der Waals surface area contributed by atoms with Gasteiger partial charge in [0.05, 0.1) is 25.7 Å². The lowest BCUT2D eigenvalue weighted by Crippen LogP contribution is -2.44. The maximum Gasteiger partial charge on any atom is 0.304 e. The van der Waals surface area contributed by atoms with Crippen LogP contribution in [0.1, 0.15) is 77.0 Å². The van der Waals surface area contributed by atoms with Gasteiger partial charge in [0.25, 0.3) is 0 Å². The Morgan fingerprint density at radius 3 is 1.00 bits per heavy atom. The number of carboxylic acids is 4. The van der Waals surface area contributed by atoms with Crippen LogP contribution >= 0.6 is 0 Å². The Hall–Kier alpha value is -3.26. The van der Waals surface area contributed by atoms with Gasteiger partial charge in [0, 0.05) is 51.1 Å². The molecule has 0 atom stereocenters. The van der Waals surface area contributed by atoms with E-state index in [1.54, 1.807) is 9.80 Å². The van der Waals surface area contributed by atoms with Crippen LogP contribution in [0.15, 0.2) is 0 Å². The second kappa shape index (κ2) is 19.7. The van der Waals surface area contributed by atoms with Crippen molar-refractivity contribution in [2.75, 3.05) is 39.3 Å². The summed E-state index contributed by atoms with van der Waals surface area (Å²) in [6, 6.07) is 0.0145. The minimum Gasteiger partial charge on any atom is -0.481 e. The van der Waals surface area contributed by atoms with Crippen LogP contribution in [0.2, 0.25) is 0 Å². The molecule has 1 aliphatic carbocycles. The molecule has 0 bridgehead atoms. The van der Waals surface area contributed by atoms with Crippen LogP contribution in [-0.2, 0) is 28.8 Å². The van der Waals surface area contributed by atoms with Crippen molar-refractivity contribution in [2.45, 2.75) is 89.1 Å². The van der Waals surface area contributed by atoms with Gasteiger partial charge in [-0.05, 0) is 51.6 Å². The maximum absolute atomic E-state index is 12.4. The van der Waals surface area contributed by atoms with E-state index < -0.39 is 23.9 Å². The van der Waals surface area contributed by atoms with Crippen molar-refractivity contribution >= 4 is 35.7 Å². The molecule has 0 aromatic carbocycles. The Morgan fingerprint density at radius 1 is 0.475 bits per heavy atom. The molecule has 14 heteroatoms. The number of amides is 2. The first-order valence-electron chi connectivity index (χ1n) is 13.8. The fourth-order valence-electron chi connectivity index (χ4n) is 4.59. The summed E-state index contributed by atoms with van der Waals surface area (Å²) in [5, 5.41) is 41.5. The van der Waals surface area contributed by atoms with Gasteiger partial charge in [-0.25, -0.2) is 0 Å². The monoisotopic (exact) mass is 572 g/mol. The fourth-order valence-corrected chi connectivity index (χ4v) is 4.59. The van der Waals surface area contributed by atoms with Crippen LogP contribution in [0.3, 0.4) is 0 Å². The minimum atomic E-state index is -0.961. The number of carboxylic acid groups (broad SMARTS) is 4. The van der Waals surface area contributed by atoms with E-state index in [4.69, 9.17) is 20.4 Å². The summed E-state index contributed by atoms with van der Waals surface area (Å²) in [5.74, 6) is -4.07. The summed E-state index contributed by atoms with van der Waals surface area (Å²) in [7, 11) is 0. The number of carbonyl (C=O) groups is 6. The minimum absolute atomic E-state index is 0.00723. The Morgan fingerprint density at radius 2 is 0.750 bits per heavy atom. The van der Waals surface area contributed by atoms with E-state index >= 15 is 0 Å². The molecule has 228 valence electrons. The van der Waals surface area contributed by atoms with Gasteiger partial charge in [0.1, 0.15) is 0 Å². The molecule has 1 rings (SSSR count). The summed E-state index contributed by atoms with van der Waals surface area (Å²) in [4.78, 5) is 71.5. The third kappa shape index (κ3) is 18.1. The van der Waals surface area contributed by atoms with Gasteiger partial charge in [0.15, 0.2) is 0 Å². The molecule has 0 saturated heterocycles. The summed E-state index contributed by atoms with van der Waals surface area (Å²) in [6.07, 6.45) is 3.99. The second-order valence-electron chi connectivity index (χ2n) is 10.1. The van der Waals surface area contributed by atoms with Crippen molar-refractivity contribution in [2.24, 2.45) is 0 Å². The van der Waals surface area contributed by atoms with Crippen molar-refractivity contribution < 1.29 is 49.2 Å². The van der Waals surface area contributed by atoms with Crippen LogP contribution < -0.4 is 10.6 Å². The number of nitrogens with one attached hydrogen (secondary N) is 2. The summed E-state index contributed by atoms with van der Waals surface area (Å²) in [6.45, 7) is 1.79. The molecule has 0 aliphatic heterocycles. The number of carbonyl (C=O) groups excluding carboxylic acids is 2. The van der Waals surface area contributed by atoms with Gasteiger partial charge in [-0.2, -0.15) is 0 Å². The first-order chi connectivity index (χ1) is 18.9. The number of nitrogens with zero attached hydrogens (tertiary/aromatic N) is 2. The van der Waals surface area contributed by atoms with Crippen molar-refractivity contribution in [3.8, 4) is 0 Å². The van der Waals surface area contributed by atoms with Crippen molar-refractivity contribution in [1.29, 1.82) is 0 Å². The normalized spacial score (nSPS) is 16.9. The summed E-state index contributed by atoms with van der Waals surface area (Å²) in [5.41, 5.74) is 0. The zero-order valence-electron chi connectivity index (χ0n) is 23.0. The van der Waals surface area contributed by atoms with Crippen molar-refractivity contribution in [3.63, 3.8) is 0 Å². The average molecular weight is 573 g/mol. The Kier molecular flexibility index (Phi) is 17.2. The number of rotatable bonds is 22. The molecule has 0 heterocycles. The predicted octanol–water partition coefficient (Wildman–Crippen LogP) is 0.593. The summed E-state index contributed by atoms with van der Waals surface area (Å²) < 4.78 is 0. The average Bonchev–Trinajstić information content (AvgIpc) is 2.87. The topological polar surface area (TPSA) is 214 Å². The van der Waals surface area contributed by atoms with E-state index in [1.165, 1.54) is 0 Å². The van der Waals surface area contributed by atoms with Crippen LogP contribution in [0.5, 0.6) is 0 Å². The molecule has 6 N–H and O–H groups in total. The predicted molar refractivity (Wildman–Crippen MR) is 143 cm³/mol. The van der Waals surface area contributed by atoms with Gasteiger partial charge in [-0.15, -0.1) is 0 Å². The largest absolute Gasteiger partial charge is 0.481 e. The second-order valence-corrected chi connectivity index (χ2v) is 10.1. The highest BCUT2D eigenvalue weighted by Crippen LogP contribution is 2.19. The molecule has 1 aliphatic rings. The van der Waals surface area contributed by atoms with E-state index in [9.17, 15) is 28.8 Å². The molecular formula is C26H44N4O10. The first kappa shape index (κ1) is 34.8. The molecule has 1 saturated carbocycles. The third-order valence-electron chi connectivity index (χ3n) is 6.78. The molecule has 0 radical (unpaired) electrons. The van der Waals surface area contributed by atoms with E-state index in [2.05, 4.69) is 10.6 Å². The van der Waals surface area contributed by atoms with Crippen LogP contribution in [-0.4, -0.2) is 117 Å². The number of hydrogen-bond donors (Lipinski definition) is 6. The molecule has 14 nitrogen and oxygen atoms in total. The zero-order chi connectivity index (χ0) is 29.9. The lowest BCUT2D eigenvalue weighted by molar-refractivity contribution is -0.139. The highest BCUT2D eigenvalue weighted by molar-refractivity contribution is 5.77. The van der Waals surface area contributed by atoms with E-state index in [0.717, 1.165) is 25.7 Å². The highest BCUT2D eigenvalue weighted by Gasteiger charge is 2.23. The smallest absolute Gasteiger partial charge is 0.304 e. The standard InChI is InChI=1S/C26H44N4O10/c31-21(3-1-13-29(15-9-23(33)34)16-10-24(35)36)27-19-5-7-20(8-6-19)28-22(32)4-2-14-30(17-11-25(37)38)18-12-26(39)40/h19-20H,1-18H2,(H,27,31)(H,28,32)(H,33,34)(H,35,36)(H,37,38)(H,39,40). The zero-order valence-corrected chi connectivity index (χ0v) is 23.0. The molecule has 40 heavy (non-hydrogen) atoms. The van der Waals surface area contributed by atoms with E-state index in [0.29, 0.717) is 25.9 Å². The maximum atomic E-state index is 12.4. The van der Waals surface area contributed by atoms with Gasteiger partial charge in [0.2, 0.25) is 11.8 Å². The van der Waals surface area contributed by atoms with E-state index in [-0.39, 0.29) is 88.6 Å². The first-order valence-corrected chi connectivity index (χ1v) is 13.8. The number of hydrogen-bond acceptors (Lipinski definition) is 8. The molecule has 1 fully saturated rings. The van der Waals surface area contributed by atoms with Crippen LogP contribution in [0.4, 0.5) is 0 Å². The Labute approximate surface area is 234 Å². The van der Waals surface area contributed by atoms with Crippen molar-refractivity contribution in [1.82, 2.24) is 20.4 Å². The fraction of sp³-hybridized carbons (Fsp3) is 0.769. The Bertz CT molecular complexity index is 741. The Balaban J connectivity index is 2.28. The highest BCUT2D eigenvalue weighted by atomic mass is 16.4. The quantitative estimate of drug-likeness (QED) is 0.105. The van der Waals surface area contributed by atoms with Crippen LogP contribution in [0.25, 0.3) is 0 Å².